The summed E-state index contributed by atoms with van der Waals surface area (Å²) >= 11 is 0. The summed E-state index contributed by atoms with van der Waals surface area (Å²) in [7, 11) is 0. The maximum absolute atomic E-state index is 12.2. The molecule has 94 valence electrons. The molecule has 3 aromatic rings. The number of carbonyl (C=O) groups is 1. The molecule has 0 spiro atoms. The lowest BCUT2D eigenvalue weighted by atomic mass is 10.1. The number of aromatic amines is 1. The molecule has 0 radical (unpaired) electrons. The number of hydrogen-bond donors (Lipinski definition) is 2. The Labute approximate surface area is 109 Å². The van der Waals surface area contributed by atoms with Gasteiger partial charge in [0.05, 0.1) is 12.2 Å². The van der Waals surface area contributed by atoms with E-state index >= 15 is 0 Å². The molecule has 19 heavy (non-hydrogen) atoms. The zero-order valence-electron chi connectivity index (χ0n) is 10.1. The van der Waals surface area contributed by atoms with E-state index in [-0.39, 0.29) is 5.91 Å². The van der Waals surface area contributed by atoms with Crippen LogP contribution in [0.4, 0.5) is 0 Å². The van der Waals surface area contributed by atoms with Gasteiger partial charge in [0, 0.05) is 28.9 Å². The Morgan fingerprint density at radius 2 is 2.21 bits per heavy atom. The highest BCUT2D eigenvalue weighted by Gasteiger charge is 2.09. The van der Waals surface area contributed by atoms with Crippen molar-refractivity contribution >= 4 is 16.8 Å². The molecule has 0 bridgehead atoms. The summed E-state index contributed by atoms with van der Waals surface area (Å²) < 4.78 is 0. The molecular formula is C14H12N4O. The summed E-state index contributed by atoms with van der Waals surface area (Å²) in [4.78, 5) is 23.2. The van der Waals surface area contributed by atoms with Crippen molar-refractivity contribution in [3.8, 4) is 0 Å². The maximum Gasteiger partial charge on any atom is 0.252 e. The summed E-state index contributed by atoms with van der Waals surface area (Å²) in [5.41, 5.74) is 2.40. The molecule has 0 saturated heterocycles. The van der Waals surface area contributed by atoms with Crippen LogP contribution in [0, 0.1) is 0 Å². The van der Waals surface area contributed by atoms with Crippen LogP contribution in [0.2, 0.25) is 0 Å². The fourth-order valence-corrected chi connectivity index (χ4v) is 1.97. The number of H-pyrrole nitrogens is 1. The number of hydrogen-bond acceptors (Lipinski definition) is 3. The van der Waals surface area contributed by atoms with Crippen LogP contribution >= 0.6 is 0 Å². The Hall–Kier alpha value is -2.69. The van der Waals surface area contributed by atoms with Crippen LogP contribution < -0.4 is 5.32 Å². The Kier molecular flexibility index (Phi) is 2.94. The monoisotopic (exact) mass is 252 g/mol. The lowest BCUT2D eigenvalue weighted by molar-refractivity contribution is 0.0952. The summed E-state index contributed by atoms with van der Waals surface area (Å²) in [5, 5.41) is 3.77. The lowest BCUT2D eigenvalue weighted by Gasteiger charge is -2.05. The second kappa shape index (κ2) is 4.89. The van der Waals surface area contributed by atoms with E-state index in [1.807, 2.05) is 30.5 Å². The van der Waals surface area contributed by atoms with Crippen molar-refractivity contribution in [3.05, 3.63) is 60.3 Å². The van der Waals surface area contributed by atoms with E-state index in [0.29, 0.717) is 12.1 Å². The normalized spacial score (nSPS) is 10.5. The largest absolute Gasteiger partial charge is 0.361 e. The van der Waals surface area contributed by atoms with Gasteiger partial charge in [0.15, 0.2) is 0 Å². The highest BCUT2D eigenvalue weighted by molar-refractivity contribution is 6.06. The zero-order valence-corrected chi connectivity index (χ0v) is 10.1. The molecule has 2 N–H and O–H groups in total. The Morgan fingerprint density at radius 3 is 3.05 bits per heavy atom. The quantitative estimate of drug-likeness (QED) is 0.747. The predicted octanol–water partition coefficient (Wildman–Crippen LogP) is 1.89. The molecule has 2 aromatic heterocycles. The van der Waals surface area contributed by atoms with Gasteiger partial charge in [-0.05, 0) is 24.3 Å². The highest BCUT2D eigenvalue weighted by atomic mass is 16.1. The molecule has 1 amide bonds. The first kappa shape index (κ1) is 11.4. The predicted molar refractivity (Wildman–Crippen MR) is 71.5 cm³/mol. The number of aromatic nitrogens is 3. The molecule has 3 rings (SSSR count). The molecule has 0 atom stereocenters. The minimum absolute atomic E-state index is 0.108. The van der Waals surface area contributed by atoms with E-state index in [4.69, 9.17) is 0 Å². The third-order valence-electron chi connectivity index (χ3n) is 2.91. The van der Waals surface area contributed by atoms with Crippen LogP contribution in [0.15, 0.2) is 49.1 Å². The third-order valence-corrected chi connectivity index (χ3v) is 2.91. The van der Waals surface area contributed by atoms with E-state index in [9.17, 15) is 4.79 Å². The number of amides is 1. The molecule has 0 saturated carbocycles. The van der Waals surface area contributed by atoms with Gasteiger partial charge in [-0.3, -0.25) is 4.79 Å². The van der Waals surface area contributed by atoms with Gasteiger partial charge in [-0.15, -0.1) is 0 Å². The van der Waals surface area contributed by atoms with E-state index < -0.39 is 0 Å². The minimum atomic E-state index is -0.108. The first-order valence-electron chi connectivity index (χ1n) is 5.94. The fraction of sp³-hybridized carbons (Fsp3) is 0.0714. The van der Waals surface area contributed by atoms with Crippen LogP contribution in [0.3, 0.4) is 0 Å². The van der Waals surface area contributed by atoms with Crippen LogP contribution in [-0.4, -0.2) is 20.9 Å². The smallest absolute Gasteiger partial charge is 0.252 e. The van der Waals surface area contributed by atoms with Crippen molar-refractivity contribution < 1.29 is 4.79 Å². The summed E-state index contributed by atoms with van der Waals surface area (Å²) in [5.74, 6) is -0.108. The van der Waals surface area contributed by atoms with Gasteiger partial charge >= 0.3 is 0 Å². The molecule has 1 aromatic carbocycles. The first-order valence-corrected chi connectivity index (χ1v) is 5.94. The standard InChI is InChI=1S/C14H12N4O/c19-14(17-8-10-4-6-15-9-18-10)12-2-1-3-13-11(12)5-7-16-13/h1-7,9,16H,8H2,(H,17,19). The summed E-state index contributed by atoms with van der Waals surface area (Å²) in [6.45, 7) is 0.391. The lowest BCUT2D eigenvalue weighted by Crippen LogP contribution is -2.23. The van der Waals surface area contributed by atoms with Crippen LogP contribution in [0.5, 0.6) is 0 Å². The molecule has 0 aliphatic heterocycles. The maximum atomic E-state index is 12.2. The van der Waals surface area contributed by atoms with Gasteiger partial charge in [-0.25, -0.2) is 9.97 Å². The zero-order chi connectivity index (χ0) is 13.1. The third kappa shape index (κ3) is 2.30. The molecule has 0 unspecified atom stereocenters. The second-order valence-electron chi connectivity index (χ2n) is 4.13. The molecule has 0 fully saturated rings. The average Bonchev–Trinajstić information content (AvgIpc) is 2.94. The van der Waals surface area contributed by atoms with Crippen LogP contribution in [0.1, 0.15) is 16.1 Å². The Morgan fingerprint density at radius 1 is 1.26 bits per heavy atom. The van der Waals surface area contributed by atoms with E-state index in [1.165, 1.54) is 6.33 Å². The van der Waals surface area contributed by atoms with E-state index in [0.717, 1.165) is 16.6 Å². The van der Waals surface area contributed by atoms with Gasteiger partial charge < -0.3 is 10.3 Å². The molecule has 5 nitrogen and oxygen atoms in total. The SMILES string of the molecule is O=C(NCc1ccncn1)c1cccc2[nH]ccc12. The number of nitrogens with one attached hydrogen (secondary N) is 2. The first-order chi connectivity index (χ1) is 9.34. The van der Waals surface area contributed by atoms with Gasteiger partial charge in [-0.2, -0.15) is 0 Å². The number of nitrogens with zero attached hydrogens (tertiary/aromatic N) is 2. The van der Waals surface area contributed by atoms with E-state index in [2.05, 4.69) is 20.3 Å². The Balaban J connectivity index is 1.79. The van der Waals surface area contributed by atoms with Gasteiger partial charge in [0.25, 0.3) is 5.91 Å². The number of fused-ring (bicyclic) bond motifs is 1. The molecule has 5 heteroatoms. The summed E-state index contributed by atoms with van der Waals surface area (Å²) in [6.07, 6.45) is 4.95. The van der Waals surface area contributed by atoms with Crippen LogP contribution in [0.25, 0.3) is 10.9 Å². The molecule has 0 aliphatic rings. The Bertz CT molecular complexity index is 706. The van der Waals surface area contributed by atoms with Crippen molar-refractivity contribution in [2.75, 3.05) is 0 Å². The van der Waals surface area contributed by atoms with Crippen molar-refractivity contribution in [2.24, 2.45) is 0 Å². The number of carbonyl (C=O) groups excluding carboxylic acids is 1. The fourth-order valence-electron chi connectivity index (χ4n) is 1.97. The van der Waals surface area contributed by atoms with Gasteiger partial charge in [0.2, 0.25) is 0 Å². The second-order valence-corrected chi connectivity index (χ2v) is 4.13. The van der Waals surface area contributed by atoms with Crippen LogP contribution in [-0.2, 0) is 6.54 Å². The number of rotatable bonds is 3. The minimum Gasteiger partial charge on any atom is -0.361 e. The number of benzene rings is 1. The summed E-state index contributed by atoms with van der Waals surface area (Å²) in [6, 6.07) is 9.28. The van der Waals surface area contributed by atoms with E-state index in [1.54, 1.807) is 12.3 Å². The topological polar surface area (TPSA) is 70.7 Å². The van der Waals surface area contributed by atoms with Crippen molar-refractivity contribution in [1.29, 1.82) is 0 Å². The highest BCUT2D eigenvalue weighted by Crippen LogP contribution is 2.17. The van der Waals surface area contributed by atoms with Gasteiger partial charge in [-0.1, -0.05) is 6.07 Å². The van der Waals surface area contributed by atoms with Gasteiger partial charge in [0.1, 0.15) is 6.33 Å². The van der Waals surface area contributed by atoms with Crippen molar-refractivity contribution in [3.63, 3.8) is 0 Å². The molecular weight excluding hydrogens is 240 g/mol. The average molecular weight is 252 g/mol. The molecule has 0 aliphatic carbocycles. The van der Waals surface area contributed by atoms with Crippen molar-refractivity contribution in [1.82, 2.24) is 20.3 Å². The van der Waals surface area contributed by atoms with Crippen molar-refractivity contribution in [2.45, 2.75) is 6.54 Å². The molecule has 2 heterocycles.